The summed E-state index contributed by atoms with van der Waals surface area (Å²) in [5.74, 6) is 0.803. The van der Waals surface area contributed by atoms with Crippen LogP contribution in [0.5, 0.6) is 11.5 Å². The van der Waals surface area contributed by atoms with Crippen LogP contribution in [0.2, 0.25) is 0 Å². The summed E-state index contributed by atoms with van der Waals surface area (Å²) >= 11 is 6.49. The summed E-state index contributed by atoms with van der Waals surface area (Å²) in [5, 5.41) is 9.53. The van der Waals surface area contributed by atoms with E-state index in [2.05, 4.69) is 31.9 Å². The summed E-state index contributed by atoms with van der Waals surface area (Å²) < 4.78 is 19.8. The van der Waals surface area contributed by atoms with E-state index in [1.165, 1.54) is 6.07 Å². The van der Waals surface area contributed by atoms with Crippen molar-refractivity contribution in [2.75, 3.05) is 0 Å². The van der Waals surface area contributed by atoms with E-state index in [9.17, 15) is 9.50 Å². The molecule has 5 heteroatoms. The smallest absolute Gasteiger partial charge is 0.137 e. The highest BCUT2D eigenvalue weighted by molar-refractivity contribution is 9.10. The van der Waals surface area contributed by atoms with E-state index in [1.54, 1.807) is 37.3 Å². The zero-order valence-corrected chi connectivity index (χ0v) is 13.2. The van der Waals surface area contributed by atoms with Crippen molar-refractivity contribution in [3.63, 3.8) is 0 Å². The SMILES string of the molecule is C[C@@H](O)c1ccc(Oc2ccc(F)c(Br)c2)cc1Br. The predicted molar refractivity (Wildman–Crippen MR) is 78.9 cm³/mol. The van der Waals surface area contributed by atoms with Gasteiger partial charge in [0.15, 0.2) is 0 Å². The first-order valence-corrected chi connectivity index (χ1v) is 7.16. The molecule has 0 saturated carbocycles. The number of aliphatic hydroxyl groups is 1. The van der Waals surface area contributed by atoms with Crippen molar-refractivity contribution in [3.8, 4) is 11.5 Å². The molecule has 0 saturated heterocycles. The van der Waals surface area contributed by atoms with Gasteiger partial charge in [-0.15, -0.1) is 0 Å². The van der Waals surface area contributed by atoms with Crippen LogP contribution >= 0.6 is 31.9 Å². The number of aliphatic hydroxyl groups excluding tert-OH is 1. The van der Waals surface area contributed by atoms with E-state index in [-0.39, 0.29) is 5.82 Å². The minimum absolute atomic E-state index is 0.335. The van der Waals surface area contributed by atoms with Crippen LogP contribution in [0.1, 0.15) is 18.6 Å². The lowest BCUT2D eigenvalue weighted by molar-refractivity contribution is 0.198. The van der Waals surface area contributed by atoms with Crippen LogP contribution in [0.25, 0.3) is 0 Å². The normalized spacial score (nSPS) is 12.3. The fourth-order valence-electron chi connectivity index (χ4n) is 1.59. The molecule has 1 N–H and O–H groups in total. The van der Waals surface area contributed by atoms with Gasteiger partial charge in [-0.3, -0.25) is 0 Å². The van der Waals surface area contributed by atoms with Crippen LogP contribution in [-0.2, 0) is 0 Å². The fraction of sp³-hybridized carbons (Fsp3) is 0.143. The molecular weight excluding hydrogens is 379 g/mol. The van der Waals surface area contributed by atoms with Crippen molar-refractivity contribution in [2.45, 2.75) is 13.0 Å². The molecule has 100 valence electrons. The Hall–Kier alpha value is -0.910. The van der Waals surface area contributed by atoms with Crippen molar-refractivity contribution in [1.82, 2.24) is 0 Å². The van der Waals surface area contributed by atoms with Crippen LogP contribution in [0, 0.1) is 5.82 Å². The zero-order valence-electron chi connectivity index (χ0n) is 10.0. The number of hydrogen-bond acceptors (Lipinski definition) is 2. The number of ether oxygens (including phenoxy) is 1. The minimum atomic E-state index is -0.552. The number of rotatable bonds is 3. The molecule has 0 spiro atoms. The topological polar surface area (TPSA) is 29.5 Å². The Bertz CT molecular complexity index is 600. The maximum atomic E-state index is 13.1. The van der Waals surface area contributed by atoms with E-state index in [0.29, 0.717) is 16.0 Å². The number of halogens is 3. The predicted octanol–water partition coefficient (Wildman–Crippen LogP) is 5.20. The summed E-state index contributed by atoms with van der Waals surface area (Å²) in [6.45, 7) is 1.69. The Labute approximate surface area is 127 Å². The molecule has 0 aromatic heterocycles. The maximum Gasteiger partial charge on any atom is 0.137 e. The van der Waals surface area contributed by atoms with Gasteiger partial charge in [0.25, 0.3) is 0 Å². The van der Waals surface area contributed by atoms with Crippen molar-refractivity contribution >= 4 is 31.9 Å². The highest BCUT2D eigenvalue weighted by Gasteiger charge is 2.08. The molecule has 0 heterocycles. The van der Waals surface area contributed by atoms with E-state index < -0.39 is 6.10 Å². The van der Waals surface area contributed by atoms with E-state index in [1.807, 2.05) is 0 Å². The third kappa shape index (κ3) is 3.55. The molecule has 0 aliphatic heterocycles. The molecular formula is C14H11Br2FO2. The molecule has 0 amide bonds. The van der Waals surface area contributed by atoms with Crippen LogP contribution in [0.3, 0.4) is 0 Å². The van der Waals surface area contributed by atoms with Crippen LogP contribution in [0.15, 0.2) is 45.3 Å². The summed E-state index contributed by atoms with van der Waals surface area (Å²) in [6, 6.07) is 9.74. The Balaban J connectivity index is 2.24. The van der Waals surface area contributed by atoms with E-state index in [4.69, 9.17) is 4.74 Å². The van der Waals surface area contributed by atoms with Crippen molar-refractivity contribution in [1.29, 1.82) is 0 Å². The van der Waals surface area contributed by atoms with E-state index >= 15 is 0 Å². The van der Waals surface area contributed by atoms with Gasteiger partial charge >= 0.3 is 0 Å². The molecule has 2 rings (SSSR count). The highest BCUT2D eigenvalue weighted by Crippen LogP contribution is 2.31. The summed E-state index contributed by atoms with van der Waals surface area (Å²) in [7, 11) is 0. The average Bonchev–Trinajstić information content (AvgIpc) is 2.33. The molecule has 0 aliphatic carbocycles. The summed E-state index contributed by atoms with van der Waals surface area (Å²) in [5.41, 5.74) is 0.785. The molecule has 19 heavy (non-hydrogen) atoms. The van der Waals surface area contributed by atoms with Gasteiger partial charge in [0.1, 0.15) is 17.3 Å². The van der Waals surface area contributed by atoms with Crippen molar-refractivity contribution in [2.24, 2.45) is 0 Å². The number of hydrogen-bond donors (Lipinski definition) is 1. The van der Waals surface area contributed by atoms with Gasteiger partial charge in [-0.1, -0.05) is 22.0 Å². The lowest BCUT2D eigenvalue weighted by atomic mass is 10.1. The molecule has 0 unspecified atom stereocenters. The third-order valence-corrected chi connectivity index (χ3v) is 3.84. The molecule has 0 fully saturated rings. The Morgan fingerprint density at radius 1 is 1.05 bits per heavy atom. The van der Waals surface area contributed by atoms with E-state index in [0.717, 1.165) is 10.0 Å². The third-order valence-electron chi connectivity index (χ3n) is 2.55. The second kappa shape index (κ2) is 6.03. The van der Waals surface area contributed by atoms with Gasteiger partial charge in [0, 0.05) is 4.47 Å². The Morgan fingerprint density at radius 2 is 1.63 bits per heavy atom. The summed E-state index contributed by atoms with van der Waals surface area (Å²) in [6.07, 6.45) is -0.552. The molecule has 2 nitrogen and oxygen atoms in total. The molecule has 1 atom stereocenters. The highest BCUT2D eigenvalue weighted by atomic mass is 79.9. The van der Waals surface area contributed by atoms with Crippen LogP contribution < -0.4 is 4.74 Å². The average molecular weight is 390 g/mol. The minimum Gasteiger partial charge on any atom is -0.457 e. The lowest BCUT2D eigenvalue weighted by Gasteiger charge is -2.11. The Kier molecular flexibility index (Phi) is 4.60. The standard InChI is InChI=1S/C14H11Br2FO2/c1-8(18)11-4-2-9(6-12(11)15)19-10-3-5-14(17)13(16)7-10/h2-8,18H,1H3/t8-/m1/s1. The van der Waals surface area contributed by atoms with Gasteiger partial charge in [-0.25, -0.2) is 4.39 Å². The largest absolute Gasteiger partial charge is 0.457 e. The summed E-state index contributed by atoms with van der Waals surface area (Å²) in [4.78, 5) is 0. The lowest BCUT2D eigenvalue weighted by Crippen LogP contribution is -1.93. The fourth-order valence-corrected chi connectivity index (χ4v) is 2.63. The van der Waals surface area contributed by atoms with Gasteiger partial charge in [0.05, 0.1) is 10.6 Å². The second-order valence-electron chi connectivity index (χ2n) is 4.04. The molecule has 2 aromatic rings. The van der Waals surface area contributed by atoms with Crippen molar-refractivity contribution in [3.05, 3.63) is 56.7 Å². The van der Waals surface area contributed by atoms with Crippen LogP contribution in [-0.4, -0.2) is 5.11 Å². The Morgan fingerprint density at radius 3 is 2.16 bits per heavy atom. The monoisotopic (exact) mass is 388 g/mol. The van der Waals surface area contributed by atoms with Crippen molar-refractivity contribution < 1.29 is 14.2 Å². The van der Waals surface area contributed by atoms with Gasteiger partial charge < -0.3 is 9.84 Å². The molecule has 0 aliphatic rings. The number of benzene rings is 2. The second-order valence-corrected chi connectivity index (χ2v) is 5.75. The first-order chi connectivity index (χ1) is 8.97. The first-order valence-electron chi connectivity index (χ1n) is 5.58. The molecule has 0 bridgehead atoms. The molecule has 2 aromatic carbocycles. The first kappa shape index (κ1) is 14.5. The van der Waals surface area contributed by atoms with Gasteiger partial charge in [-0.2, -0.15) is 0 Å². The van der Waals surface area contributed by atoms with Gasteiger partial charge in [0.2, 0.25) is 0 Å². The molecule has 0 radical (unpaired) electrons. The zero-order chi connectivity index (χ0) is 14.0. The van der Waals surface area contributed by atoms with Gasteiger partial charge in [-0.05, 0) is 58.7 Å². The maximum absolute atomic E-state index is 13.1. The quantitative estimate of drug-likeness (QED) is 0.781. The van der Waals surface area contributed by atoms with Crippen LogP contribution in [0.4, 0.5) is 4.39 Å².